The van der Waals surface area contributed by atoms with Crippen LogP contribution >= 0.6 is 0 Å². The number of fused-ring (bicyclic) bond motifs is 2. The summed E-state index contributed by atoms with van der Waals surface area (Å²) in [7, 11) is -14.7. The molecule has 0 aliphatic heterocycles. The maximum atomic E-state index is 13.7. The van der Waals surface area contributed by atoms with Crippen LogP contribution in [0.4, 0.5) is 0 Å². The fourth-order valence-electron chi connectivity index (χ4n) is 5.77. The molecule has 7 aromatic rings. The Morgan fingerprint density at radius 1 is 0.746 bits per heavy atom. The summed E-state index contributed by atoms with van der Waals surface area (Å²) in [5, 5.41) is 7.91. The van der Waals surface area contributed by atoms with E-state index in [0.717, 1.165) is 37.4 Å². The van der Waals surface area contributed by atoms with Crippen molar-refractivity contribution in [3.63, 3.8) is 0 Å². The predicted molar refractivity (Wildman–Crippen MR) is 202 cm³/mol. The largest absolute Gasteiger partial charge is 0.496 e. The minimum Gasteiger partial charge on any atom is -0.496 e. The summed E-state index contributed by atoms with van der Waals surface area (Å²) in [6, 6.07) is 20.2. The van der Waals surface area contributed by atoms with Gasteiger partial charge in [-0.05, 0) is 30.3 Å². The summed E-state index contributed by atoms with van der Waals surface area (Å²) in [6.07, 6.45) is 1.39. The van der Waals surface area contributed by atoms with Crippen molar-refractivity contribution in [1.29, 1.82) is 0 Å². The summed E-state index contributed by atoms with van der Waals surface area (Å²) in [4.78, 5) is 32.0. The first kappa shape index (κ1) is 40.3. The van der Waals surface area contributed by atoms with Crippen molar-refractivity contribution < 1.29 is 65.4 Å². The average Bonchev–Trinajstić information content (AvgIpc) is 3.62. The van der Waals surface area contributed by atoms with Crippen LogP contribution in [0.1, 0.15) is 5.69 Å². The monoisotopic (exact) mass is 871 g/mol. The number of hydrogen-bond donors (Lipinski definition) is 3. The lowest BCUT2D eigenvalue weighted by Crippen LogP contribution is -2.27. The lowest BCUT2D eigenvalue weighted by atomic mass is 10.1. The van der Waals surface area contributed by atoms with Crippen LogP contribution in [-0.4, -0.2) is 70.6 Å². The highest BCUT2D eigenvalue weighted by Gasteiger charge is 2.27. The predicted octanol–water partition coefficient (Wildman–Crippen LogP) is 3.07. The third-order valence-corrected chi connectivity index (χ3v) is 9.21. The molecule has 0 bridgehead atoms. The minimum atomic E-state index is -5.44. The van der Waals surface area contributed by atoms with Gasteiger partial charge in [-0.25, -0.2) is 9.67 Å². The number of hydrogen-bond acceptors (Lipinski definition) is 17. The lowest BCUT2D eigenvalue weighted by Gasteiger charge is -2.14. The van der Waals surface area contributed by atoms with Crippen LogP contribution < -0.4 is 33.0 Å². The number of benzene rings is 4. The smallest absolute Gasteiger partial charge is 0.446 e. The SMILES string of the molecule is COc1cc(OS(=O)(=O)O)cc2oc(-c3ccc(OS(=O)(=O)O)c(OCc4cn(Cn5c(-c6ccccc6)nc6ccccc6c5=O)nn4)c3)c(OS(=O)(=O)O)c(=O)c12. The van der Waals surface area contributed by atoms with E-state index in [1.54, 1.807) is 54.6 Å². The normalized spacial score (nSPS) is 12.1. The van der Waals surface area contributed by atoms with Gasteiger partial charge in [0.15, 0.2) is 23.0 Å². The molecule has 25 heteroatoms. The molecule has 3 aromatic heterocycles. The van der Waals surface area contributed by atoms with Crippen LogP contribution in [-0.2, 0) is 44.5 Å². The van der Waals surface area contributed by atoms with Crippen molar-refractivity contribution >= 4 is 53.1 Å². The zero-order valence-electron chi connectivity index (χ0n) is 29.6. The maximum Gasteiger partial charge on any atom is 0.446 e. The van der Waals surface area contributed by atoms with E-state index < -0.39 is 88.7 Å². The Bertz CT molecular complexity index is 3240. The molecule has 3 heterocycles. The molecule has 0 aliphatic carbocycles. The Kier molecular flexibility index (Phi) is 10.6. The second kappa shape index (κ2) is 15.5. The number of rotatable bonds is 14. The Balaban J connectivity index is 1.27. The van der Waals surface area contributed by atoms with Crippen LogP contribution in [0.3, 0.4) is 0 Å². The van der Waals surface area contributed by atoms with Gasteiger partial charge in [0.05, 0.1) is 24.2 Å². The van der Waals surface area contributed by atoms with E-state index in [0.29, 0.717) is 22.3 Å². The lowest BCUT2D eigenvalue weighted by molar-refractivity contribution is 0.287. The van der Waals surface area contributed by atoms with Gasteiger partial charge >= 0.3 is 31.2 Å². The standard InChI is InChI=1S/C34H25N5O17S3/c1-51-27-14-22(54-57(42,43)44)15-28-29(27)30(40)32(56-59(48,49)50)31(53-28)20-11-12-25(55-58(45,46)47)26(13-20)52-17-21-16-38(37-36-21)18-39-33(19-7-3-2-4-8-19)35-24-10-6-5-9-23(24)34(39)41/h2-16H,17-18H2,1H3,(H,42,43,44)(H,45,46,47)(H,48,49,50). The van der Waals surface area contributed by atoms with Crippen LogP contribution in [0, 0.1) is 0 Å². The molecule has 0 spiro atoms. The second-order valence-corrected chi connectivity index (χ2v) is 15.1. The van der Waals surface area contributed by atoms with Crippen LogP contribution in [0.15, 0.2) is 105 Å². The van der Waals surface area contributed by atoms with E-state index in [-0.39, 0.29) is 23.5 Å². The molecule has 7 rings (SSSR count). The molecule has 0 fully saturated rings. The molecule has 0 radical (unpaired) electrons. The Labute approximate surface area is 331 Å². The van der Waals surface area contributed by atoms with Gasteiger partial charge in [-0.2, -0.15) is 25.3 Å². The summed E-state index contributed by atoms with van der Waals surface area (Å²) >= 11 is 0. The van der Waals surface area contributed by atoms with E-state index in [2.05, 4.69) is 22.9 Å². The summed E-state index contributed by atoms with van der Waals surface area (Å²) < 4.78 is 131. The second-order valence-electron chi connectivity index (χ2n) is 12.0. The van der Waals surface area contributed by atoms with Gasteiger partial charge < -0.3 is 26.4 Å². The Hall–Kier alpha value is -6.90. The highest BCUT2D eigenvalue weighted by molar-refractivity contribution is 7.81. The maximum absolute atomic E-state index is 13.7. The van der Waals surface area contributed by atoms with Gasteiger partial charge in [-0.1, -0.05) is 47.7 Å². The fourth-order valence-corrected chi connectivity index (χ4v) is 6.83. The first-order valence-electron chi connectivity index (χ1n) is 16.3. The zero-order chi connectivity index (χ0) is 42.3. The number of para-hydroxylation sites is 1. The van der Waals surface area contributed by atoms with Crippen LogP contribution in [0.5, 0.6) is 28.7 Å². The molecular weight excluding hydrogens is 847 g/mol. The molecule has 22 nitrogen and oxygen atoms in total. The Morgan fingerprint density at radius 3 is 2.14 bits per heavy atom. The summed E-state index contributed by atoms with van der Waals surface area (Å²) in [6.45, 7) is -0.662. The first-order chi connectivity index (χ1) is 27.9. The molecule has 306 valence electrons. The molecule has 0 saturated carbocycles. The fraction of sp³-hybridized carbons (Fsp3) is 0.0882. The molecule has 3 N–H and O–H groups in total. The molecule has 0 amide bonds. The van der Waals surface area contributed by atoms with E-state index in [4.69, 9.17) is 18.9 Å². The number of methoxy groups -OCH3 is 1. The van der Waals surface area contributed by atoms with Gasteiger partial charge in [0.1, 0.15) is 41.5 Å². The molecule has 0 aliphatic rings. The van der Waals surface area contributed by atoms with Gasteiger partial charge in [0.2, 0.25) is 11.2 Å². The van der Waals surface area contributed by atoms with Crippen LogP contribution in [0.2, 0.25) is 0 Å². The highest BCUT2D eigenvalue weighted by atomic mass is 32.3. The molecule has 0 atom stereocenters. The molecule has 0 saturated heterocycles. The highest BCUT2D eigenvalue weighted by Crippen LogP contribution is 2.40. The number of ether oxygens (including phenoxy) is 2. The van der Waals surface area contributed by atoms with Crippen molar-refractivity contribution in [2.75, 3.05) is 7.11 Å². The third-order valence-electron chi connectivity index (χ3n) is 8.04. The van der Waals surface area contributed by atoms with E-state index in [9.17, 15) is 48.5 Å². The first-order valence-corrected chi connectivity index (χ1v) is 20.4. The summed E-state index contributed by atoms with van der Waals surface area (Å²) in [5.74, 6) is -3.82. The third kappa shape index (κ3) is 9.14. The molecular formula is C34H25N5O17S3. The Morgan fingerprint density at radius 2 is 1.44 bits per heavy atom. The van der Waals surface area contributed by atoms with E-state index >= 15 is 0 Å². The quantitative estimate of drug-likeness (QED) is 0.132. The van der Waals surface area contributed by atoms with Gasteiger partial charge in [-0.3, -0.25) is 27.8 Å². The van der Waals surface area contributed by atoms with Gasteiger partial charge in [0, 0.05) is 23.3 Å². The topological polar surface area (TPSA) is 305 Å². The zero-order valence-corrected chi connectivity index (χ0v) is 32.0. The van der Waals surface area contributed by atoms with Crippen molar-refractivity contribution in [2.45, 2.75) is 13.3 Å². The molecule has 0 unspecified atom stereocenters. The van der Waals surface area contributed by atoms with Crippen molar-refractivity contribution in [3.05, 3.63) is 117 Å². The van der Waals surface area contributed by atoms with E-state index in [1.807, 2.05) is 0 Å². The van der Waals surface area contributed by atoms with Crippen molar-refractivity contribution in [2.24, 2.45) is 0 Å². The van der Waals surface area contributed by atoms with Crippen LogP contribution in [0.25, 0.3) is 44.6 Å². The molecule has 4 aromatic carbocycles. The van der Waals surface area contributed by atoms with Crippen molar-refractivity contribution in [1.82, 2.24) is 24.5 Å². The summed E-state index contributed by atoms with van der Waals surface area (Å²) in [5.41, 5.74) is -1.29. The average molecular weight is 872 g/mol. The van der Waals surface area contributed by atoms with E-state index in [1.165, 1.54) is 15.4 Å². The van der Waals surface area contributed by atoms with Crippen molar-refractivity contribution in [3.8, 4) is 51.5 Å². The minimum absolute atomic E-state index is 0.0994. The van der Waals surface area contributed by atoms with Gasteiger partial charge in [-0.15, -0.1) is 5.10 Å². The molecule has 59 heavy (non-hydrogen) atoms. The van der Waals surface area contributed by atoms with Gasteiger partial charge in [0.25, 0.3) is 5.56 Å². The number of aromatic nitrogens is 5. The number of nitrogens with zero attached hydrogens (tertiary/aromatic N) is 5.